The Kier molecular flexibility index (Phi) is 4.19. The lowest BCUT2D eigenvalue weighted by molar-refractivity contribution is 0.583. The van der Waals surface area contributed by atoms with Gasteiger partial charge in [-0.1, -0.05) is 6.92 Å². The number of nitrogens with one attached hydrogen (secondary N) is 1. The number of rotatable bonds is 5. The van der Waals surface area contributed by atoms with E-state index in [9.17, 15) is 0 Å². The molecule has 0 aliphatic heterocycles. The molecular formula is C15H18BrN3S. The monoisotopic (exact) mass is 351 g/mol. The highest BCUT2D eigenvalue weighted by atomic mass is 79.9. The van der Waals surface area contributed by atoms with Crippen LogP contribution in [0.4, 0.5) is 0 Å². The number of pyridine rings is 1. The van der Waals surface area contributed by atoms with E-state index < -0.39 is 0 Å². The first-order valence-electron chi connectivity index (χ1n) is 7.01. The number of hydrogen-bond acceptors (Lipinski definition) is 4. The Morgan fingerprint density at radius 1 is 1.45 bits per heavy atom. The molecule has 0 spiro atoms. The summed E-state index contributed by atoms with van der Waals surface area (Å²) >= 11 is 5.24. The molecule has 2 heterocycles. The van der Waals surface area contributed by atoms with Gasteiger partial charge in [-0.2, -0.15) is 0 Å². The van der Waals surface area contributed by atoms with E-state index in [-0.39, 0.29) is 6.04 Å². The van der Waals surface area contributed by atoms with E-state index in [2.05, 4.69) is 46.1 Å². The van der Waals surface area contributed by atoms with Crippen LogP contribution < -0.4 is 5.32 Å². The lowest BCUT2D eigenvalue weighted by Crippen LogP contribution is -2.25. The average molecular weight is 352 g/mol. The summed E-state index contributed by atoms with van der Waals surface area (Å²) in [4.78, 5) is 10.7. The molecule has 1 unspecified atom stereocenters. The van der Waals surface area contributed by atoms with E-state index in [4.69, 9.17) is 4.98 Å². The van der Waals surface area contributed by atoms with Gasteiger partial charge in [-0.05, 0) is 54.2 Å². The lowest BCUT2D eigenvalue weighted by atomic mass is 10.2. The summed E-state index contributed by atoms with van der Waals surface area (Å²) in [5.41, 5.74) is 2.27. The van der Waals surface area contributed by atoms with Gasteiger partial charge in [0, 0.05) is 21.6 Å². The van der Waals surface area contributed by atoms with Crippen LogP contribution in [0.25, 0.3) is 0 Å². The third kappa shape index (κ3) is 3.10. The minimum Gasteiger partial charge on any atom is -0.300 e. The third-order valence-corrected chi connectivity index (χ3v) is 5.06. The van der Waals surface area contributed by atoms with Crippen molar-refractivity contribution in [1.29, 1.82) is 0 Å². The van der Waals surface area contributed by atoms with Gasteiger partial charge in [-0.15, -0.1) is 11.3 Å². The Labute approximate surface area is 132 Å². The molecule has 3 rings (SSSR count). The highest BCUT2D eigenvalue weighted by Crippen LogP contribution is 2.31. The van der Waals surface area contributed by atoms with E-state index in [0.717, 1.165) is 21.6 Å². The zero-order valence-electron chi connectivity index (χ0n) is 11.7. The molecule has 2 aromatic rings. The summed E-state index contributed by atoms with van der Waals surface area (Å²) in [6.07, 6.45) is 5.38. The quantitative estimate of drug-likeness (QED) is 0.884. The van der Waals surface area contributed by atoms with Crippen molar-refractivity contribution in [3.8, 4) is 0 Å². The molecule has 0 bridgehead atoms. The summed E-state index contributed by atoms with van der Waals surface area (Å²) in [7, 11) is 0. The average Bonchev–Trinajstić information content (AvgIpc) is 3.19. The van der Waals surface area contributed by atoms with E-state index in [0.29, 0.717) is 6.04 Å². The Bertz CT molecular complexity index is 590. The van der Waals surface area contributed by atoms with Crippen LogP contribution in [0.5, 0.6) is 0 Å². The van der Waals surface area contributed by atoms with Crippen molar-refractivity contribution >= 4 is 27.3 Å². The maximum absolute atomic E-state index is 4.81. The van der Waals surface area contributed by atoms with Crippen LogP contribution in [-0.2, 0) is 6.42 Å². The van der Waals surface area contributed by atoms with Gasteiger partial charge in [-0.25, -0.2) is 4.98 Å². The topological polar surface area (TPSA) is 37.8 Å². The Hall–Kier alpha value is -0.780. The highest BCUT2D eigenvalue weighted by molar-refractivity contribution is 9.10. The third-order valence-electron chi connectivity index (χ3n) is 3.52. The van der Waals surface area contributed by atoms with Crippen molar-refractivity contribution in [1.82, 2.24) is 15.3 Å². The molecule has 0 radical (unpaired) electrons. The number of aryl methyl sites for hydroxylation is 2. The molecule has 1 aliphatic carbocycles. The summed E-state index contributed by atoms with van der Waals surface area (Å²) in [6, 6.07) is 4.87. The normalized spacial score (nSPS) is 16.4. The number of thiazole rings is 1. The number of nitrogens with zero attached hydrogens (tertiary/aromatic N) is 2. The van der Waals surface area contributed by atoms with Gasteiger partial charge in [0.1, 0.15) is 11.0 Å². The minimum atomic E-state index is 0.125. The van der Waals surface area contributed by atoms with Crippen molar-refractivity contribution in [2.24, 2.45) is 0 Å². The van der Waals surface area contributed by atoms with Crippen LogP contribution in [0.15, 0.2) is 22.8 Å². The highest BCUT2D eigenvalue weighted by Gasteiger charge is 2.29. The molecule has 20 heavy (non-hydrogen) atoms. The zero-order chi connectivity index (χ0) is 14.1. The Morgan fingerprint density at radius 3 is 2.80 bits per heavy atom. The summed E-state index contributed by atoms with van der Waals surface area (Å²) in [5, 5.41) is 4.82. The fraction of sp³-hybridized carbons (Fsp3) is 0.467. The molecule has 1 N–H and O–H groups in total. The molecule has 1 atom stereocenters. The van der Waals surface area contributed by atoms with Crippen molar-refractivity contribution in [2.45, 2.75) is 45.2 Å². The first-order valence-corrected chi connectivity index (χ1v) is 8.62. The van der Waals surface area contributed by atoms with Crippen molar-refractivity contribution in [3.63, 3.8) is 0 Å². The number of hydrogen-bond donors (Lipinski definition) is 1. The standard InChI is InChI=1S/C15H18BrN3S/c1-3-12-9(2)20-15(19-12)14(18-11-5-6-11)13-7-4-10(16)8-17-13/h4,7-8,11,14,18H,3,5-6H2,1-2H3. The van der Waals surface area contributed by atoms with Crippen LogP contribution in [0.3, 0.4) is 0 Å². The van der Waals surface area contributed by atoms with E-state index >= 15 is 0 Å². The van der Waals surface area contributed by atoms with Crippen LogP contribution in [-0.4, -0.2) is 16.0 Å². The summed E-state index contributed by atoms with van der Waals surface area (Å²) in [6.45, 7) is 4.32. The first-order chi connectivity index (χ1) is 9.67. The molecular weight excluding hydrogens is 334 g/mol. The Balaban J connectivity index is 1.93. The second-order valence-electron chi connectivity index (χ2n) is 5.18. The van der Waals surface area contributed by atoms with Gasteiger partial charge in [0.2, 0.25) is 0 Å². The minimum absolute atomic E-state index is 0.125. The second kappa shape index (κ2) is 5.92. The fourth-order valence-electron chi connectivity index (χ4n) is 2.23. The lowest BCUT2D eigenvalue weighted by Gasteiger charge is -2.15. The van der Waals surface area contributed by atoms with Crippen LogP contribution >= 0.6 is 27.3 Å². The molecule has 2 aromatic heterocycles. The largest absolute Gasteiger partial charge is 0.300 e. The van der Waals surface area contributed by atoms with Gasteiger partial charge >= 0.3 is 0 Å². The first kappa shape index (κ1) is 14.2. The molecule has 1 saturated carbocycles. The van der Waals surface area contributed by atoms with Crippen molar-refractivity contribution in [3.05, 3.63) is 44.1 Å². The van der Waals surface area contributed by atoms with Crippen molar-refractivity contribution in [2.75, 3.05) is 0 Å². The van der Waals surface area contributed by atoms with Gasteiger partial charge < -0.3 is 5.32 Å². The van der Waals surface area contributed by atoms with E-state index in [1.807, 2.05) is 12.3 Å². The van der Waals surface area contributed by atoms with Crippen molar-refractivity contribution < 1.29 is 0 Å². The van der Waals surface area contributed by atoms with Gasteiger partial charge in [0.15, 0.2) is 0 Å². The summed E-state index contributed by atoms with van der Waals surface area (Å²) < 4.78 is 1.01. The molecule has 0 saturated heterocycles. The molecule has 1 fully saturated rings. The molecule has 106 valence electrons. The predicted molar refractivity (Wildman–Crippen MR) is 86.2 cm³/mol. The van der Waals surface area contributed by atoms with Crippen LogP contribution in [0.1, 0.15) is 47.1 Å². The van der Waals surface area contributed by atoms with Gasteiger partial charge in [-0.3, -0.25) is 4.98 Å². The molecule has 1 aliphatic rings. The maximum atomic E-state index is 4.81. The van der Waals surface area contributed by atoms with Crippen LogP contribution in [0.2, 0.25) is 0 Å². The summed E-state index contributed by atoms with van der Waals surface area (Å²) in [5.74, 6) is 0. The van der Waals surface area contributed by atoms with Gasteiger partial charge in [0.05, 0.1) is 11.4 Å². The predicted octanol–water partition coefficient (Wildman–Crippen LogP) is 4.01. The number of aromatic nitrogens is 2. The van der Waals surface area contributed by atoms with E-state index in [1.165, 1.54) is 23.4 Å². The SMILES string of the molecule is CCc1nc(C(NC2CC2)c2ccc(Br)cn2)sc1C. The fourth-order valence-corrected chi connectivity index (χ4v) is 3.55. The van der Waals surface area contributed by atoms with Gasteiger partial charge in [0.25, 0.3) is 0 Å². The maximum Gasteiger partial charge on any atom is 0.116 e. The molecule has 0 amide bonds. The molecule has 3 nitrogen and oxygen atoms in total. The zero-order valence-corrected chi connectivity index (χ0v) is 14.1. The molecule has 0 aromatic carbocycles. The van der Waals surface area contributed by atoms with Crippen LogP contribution in [0, 0.1) is 6.92 Å². The Morgan fingerprint density at radius 2 is 2.25 bits per heavy atom. The van der Waals surface area contributed by atoms with E-state index in [1.54, 1.807) is 11.3 Å². The number of halogens is 1. The smallest absolute Gasteiger partial charge is 0.116 e. The second-order valence-corrected chi connectivity index (χ2v) is 7.33. The molecule has 5 heteroatoms.